The molecule has 2 amide bonds. The number of piperazine rings is 1. The molecule has 9 nitrogen and oxygen atoms in total. The van der Waals surface area contributed by atoms with Gasteiger partial charge in [-0.15, -0.1) is 0 Å². The number of carbonyl (C=O) groups is 1. The molecule has 180 valence electrons. The first-order chi connectivity index (χ1) is 15.5. The molecule has 1 fully saturated rings. The van der Waals surface area contributed by atoms with E-state index in [0.717, 1.165) is 24.2 Å². The molecule has 4 rings (SSSR count). The lowest BCUT2D eigenvalue weighted by Crippen LogP contribution is -2.65. The highest BCUT2D eigenvalue weighted by atomic mass is 19.1. The number of amides is 2. The maximum Gasteiger partial charge on any atom is 0.321 e. The molecule has 0 saturated carbocycles. The second kappa shape index (κ2) is 8.23. The number of nitrogens with zero attached hydrogens (tertiary/aromatic N) is 6. The summed E-state index contributed by atoms with van der Waals surface area (Å²) < 4.78 is 14.4. The van der Waals surface area contributed by atoms with Crippen molar-refractivity contribution in [2.45, 2.75) is 78.0 Å². The molecule has 2 aliphatic heterocycles. The van der Waals surface area contributed by atoms with Gasteiger partial charge in [-0.2, -0.15) is 5.10 Å². The molecule has 0 radical (unpaired) electrons. The molecule has 2 aromatic heterocycles. The highest BCUT2D eigenvalue weighted by molar-refractivity contribution is 5.78. The van der Waals surface area contributed by atoms with E-state index in [0.29, 0.717) is 31.2 Å². The Bertz CT molecular complexity index is 1050. The van der Waals surface area contributed by atoms with Crippen LogP contribution in [-0.4, -0.2) is 72.6 Å². The monoisotopic (exact) mass is 458 g/mol. The molecular weight excluding hydrogens is 423 g/mol. The summed E-state index contributed by atoms with van der Waals surface area (Å²) in [5.41, 5.74) is 1.02. The first kappa shape index (κ1) is 23.4. The Morgan fingerprint density at radius 2 is 2.03 bits per heavy atom. The smallest absolute Gasteiger partial charge is 0.321 e. The molecule has 0 aromatic carbocycles. The summed E-state index contributed by atoms with van der Waals surface area (Å²) in [5.74, 6) is 0.627. The van der Waals surface area contributed by atoms with Crippen LogP contribution in [0.2, 0.25) is 0 Å². The van der Waals surface area contributed by atoms with Crippen LogP contribution >= 0.6 is 0 Å². The Balaban J connectivity index is 1.59. The number of halogens is 1. The van der Waals surface area contributed by atoms with Crippen LogP contribution in [0.1, 0.15) is 65.0 Å². The number of aryl methyl sites for hydroxylation is 1. The topological polar surface area (TPSA) is 93.3 Å². The third kappa shape index (κ3) is 4.05. The van der Waals surface area contributed by atoms with Gasteiger partial charge >= 0.3 is 6.03 Å². The Hall–Kier alpha value is -2.75. The molecule has 0 bridgehead atoms. The predicted octanol–water partition coefficient (Wildman–Crippen LogP) is 3.62. The van der Waals surface area contributed by atoms with Gasteiger partial charge in [0.2, 0.25) is 0 Å². The third-order valence-electron chi connectivity index (χ3n) is 7.11. The van der Waals surface area contributed by atoms with Crippen LogP contribution < -0.4 is 5.32 Å². The fraction of sp³-hybridized carbons (Fsp3) is 0.652. The van der Waals surface area contributed by atoms with Gasteiger partial charge in [0.25, 0.3) is 0 Å². The van der Waals surface area contributed by atoms with Crippen molar-refractivity contribution in [2.75, 3.05) is 25.5 Å². The average Bonchev–Trinajstić information content (AvgIpc) is 3.25. The van der Waals surface area contributed by atoms with E-state index in [9.17, 15) is 9.18 Å². The second-order valence-electron chi connectivity index (χ2n) is 10.4. The summed E-state index contributed by atoms with van der Waals surface area (Å²) >= 11 is 0. The van der Waals surface area contributed by atoms with Crippen molar-refractivity contribution in [1.82, 2.24) is 34.9 Å². The molecule has 2 aromatic rings. The number of rotatable bonds is 4. The number of aromatic amines is 1. The summed E-state index contributed by atoms with van der Waals surface area (Å²) in [5, 5.41) is 10.5. The van der Waals surface area contributed by atoms with Crippen LogP contribution in [0.5, 0.6) is 0 Å². The number of hydrogen-bond donors (Lipinski definition) is 2. The minimum absolute atomic E-state index is 0.00248. The first-order valence-electron chi connectivity index (χ1n) is 11.6. The van der Waals surface area contributed by atoms with Gasteiger partial charge in [0, 0.05) is 36.7 Å². The number of likely N-dealkylation sites (N-methyl/N-ethyl adjacent to an activating group) is 1. The van der Waals surface area contributed by atoms with E-state index in [1.807, 2.05) is 30.6 Å². The van der Waals surface area contributed by atoms with Gasteiger partial charge in [-0.25, -0.2) is 19.2 Å². The van der Waals surface area contributed by atoms with Crippen LogP contribution in [0.4, 0.5) is 20.8 Å². The Kier molecular flexibility index (Phi) is 5.84. The zero-order valence-electron chi connectivity index (χ0n) is 20.7. The lowest BCUT2D eigenvalue weighted by atomic mass is 9.96. The summed E-state index contributed by atoms with van der Waals surface area (Å²) in [6, 6.07) is 0.107. The normalized spacial score (nSPS) is 21.9. The molecular formula is C23H35FN8O. The zero-order chi connectivity index (χ0) is 24.1. The van der Waals surface area contributed by atoms with Crippen molar-refractivity contribution in [2.24, 2.45) is 0 Å². The fourth-order valence-corrected chi connectivity index (χ4v) is 4.72. The lowest BCUT2D eigenvalue weighted by molar-refractivity contribution is 0.00695. The van der Waals surface area contributed by atoms with Crippen molar-refractivity contribution in [3.8, 4) is 0 Å². The number of urea groups is 1. The molecule has 1 saturated heterocycles. The molecule has 4 heterocycles. The van der Waals surface area contributed by atoms with E-state index in [1.54, 1.807) is 0 Å². The lowest BCUT2D eigenvalue weighted by Gasteiger charge is -2.50. The molecule has 10 heteroatoms. The maximum atomic E-state index is 14.4. The molecule has 33 heavy (non-hydrogen) atoms. The van der Waals surface area contributed by atoms with Gasteiger partial charge in [-0.3, -0.25) is 10.00 Å². The number of H-pyrrole nitrogens is 1. The first-order valence-corrected chi connectivity index (χ1v) is 11.6. The van der Waals surface area contributed by atoms with Crippen molar-refractivity contribution in [3.05, 3.63) is 29.1 Å². The van der Waals surface area contributed by atoms with Gasteiger partial charge in [0.05, 0.1) is 24.0 Å². The molecule has 0 spiro atoms. The van der Waals surface area contributed by atoms with Gasteiger partial charge in [0.1, 0.15) is 5.82 Å². The van der Waals surface area contributed by atoms with E-state index in [1.165, 1.54) is 6.20 Å². The predicted molar refractivity (Wildman–Crippen MR) is 125 cm³/mol. The fourth-order valence-electron chi connectivity index (χ4n) is 4.72. The van der Waals surface area contributed by atoms with Crippen molar-refractivity contribution >= 4 is 17.7 Å². The van der Waals surface area contributed by atoms with Crippen LogP contribution in [0.3, 0.4) is 0 Å². The number of nitrogens with one attached hydrogen (secondary N) is 2. The minimum atomic E-state index is -0.579. The molecule has 0 unspecified atom stereocenters. The van der Waals surface area contributed by atoms with Gasteiger partial charge in [-0.05, 0) is 48.1 Å². The van der Waals surface area contributed by atoms with E-state index >= 15 is 0 Å². The molecule has 0 aliphatic carbocycles. The number of hydrogen-bond acceptors (Lipinski definition) is 6. The minimum Gasteiger partial charge on any atom is -0.321 e. The van der Waals surface area contributed by atoms with Gasteiger partial charge < -0.3 is 15.1 Å². The van der Waals surface area contributed by atoms with E-state index in [2.05, 4.69) is 58.2 Å². The van der Waals surface area contributed by atoms with Crippen molar-refractivity contribution < 1.29 is 9.18 Å². The quantitative estimate of drug-likeness (QED) is 0.727. The SMILES string of the molecule is CCCc1ncc(F)c(Nc2n[nH]c3c2CN(C(=O)N2CC(C)(C)N(C)C[C@@H]2C)C3(C)C)n1. The number of fused-ring (bicyclic) bond motifs is 1. The Morgan fingerprint density at radius 1 is 1.30 bits per heavy atom. The zero-order valence-corrected chi connectivity index (χ0v) is 20.7. The number of carbonyl (C=O) groups excluding carboxylic acids is 1. The van der Waals surface area contributed by atoms with Crippen LogP contribution in [0.15, 0.2) is 6.20 Å². The van der Waals surface area contributed by atoms with Crippen LogP contribution in [0, 0.1) is 5.82 Å². The van der Waals surface area contributed by atoms with E-state index in [4.69, 9.17) is 0 Å². The summed E-state index contributed by atoms with van der Waals surface area (Å²) in [6.07, 6.45) is 2.72. The van der Waals surface area contributed by atoms with Gasteiger partial charge in [-0.1, -0.05) is 6.92 Å². The summed E-state index contributed by atoms with van der Waals surface area (Å²) in [4.78, 5) is 28.2. The molecule has 2 aliphatic rings. The van der Waals surface area contributed by atoms with Gasteiger partial charge in [0.15, 0.2) is 17.5 Å². The molecule has 2 N–H and O–H groups in total. The number of anilines is 2. The van der Waals surface area contributed by atoms with Crippen LogP contribution in [0.25, 0.3) is 0 Å². The van der Waals surface area contributed by atoms with E-state index in [-0.39, 0.29) is 23.4 Å². The van der Waals surface area contributed by atoms with Crippen LogP contribution in [-0.2, 0) is 18.5 Å². The standard InChI is InChI=1S/C23H35FN8O/c1-8-9-17-25-10-16(24)20(26-17)27-19-15-12-32(23(5,6)18(15)28-29-19)21(33)31-13-22(3,4)30(7)11-14(31)2/h10,14H,8-9,11-13H2,1-7H3,(H2,25,26,27,28,29)/t14-/m0/s1. The average molecular weight is 459 g/mol. The highest BCUT2D eigenvalue weighted by Crippen LogP contribution is 2.42. The largest absolute Gasteiger partial charge is 0.321 e. The number of aromatic nitrogens is 4. The highest BCUT2D eigenvalue weighted by Gasteiger charge is 2.47. The second-order valence-corrected chi connectivity index (χ2v) is 10.4. The summed E-state index contributed by atoms with van der Waals surface area (Å²) in [6.45, 7) is 14.3. The third-order valence-corrected chi connectivity index (χ3v) is 7.11. The maximum absolute atomic E-state index is 14.4. The summed E-state index contributed by atoms with van der Waals surface area (Å²) in [7, 11) is 2.10. The van der Waals surface area contributed by atoms with Crippen molar-refractivity contribution in [3.63, 3.8) is 0 Å². The van der Waals surface area contributed by atoms with Crippen molar-refractivity contribution in [1.29, 1.82) is 0 Å². The van der Waals surface area contributed by atoms with E-state index < -0.39 is 11.4 Å². The molecule has 1 atom stereocenters. The Morgan fingerprint density at radius 3 is 2.73 bits per heavy atom. The Labute approximate surface area is 194 Å².